The van der Waals surface area contributed by atoms with E-state index in [1.165, 1.54) is 37.4 Å². The van der Waals surface area contributed by atoms with Gasteiger partial charge >= 0.3 is 8.80 Å². The second kappa shape index (κ2) is 17.2. The molecule has 1 unspecified atom stereocenters. The minimum Gasteiger partial charge on any atom is -0.376 e. The lowest BCUT2D eigenvalue weighted by atomic mass is 10.1. The van der Waals surface area contributed by atoms with Crippen LogP contribution in [0.5, 0.6) is 0 Å². The number of rotatable bonds is 18. The molecule has 26 heavy (non-hydrogen) atoms. The molecule has 0 aliphatic rings. The summed E-state index contributed by atoms with van der Waals surface area (Å²) in [4.78, 5) is 12.0. The Morgan fingerprint density at radius 3 is 1.96 bits per heavy atom. The van der Waals surface area contributed by atoms with E-state index < -0.39 is 8.80 Å². The summed E-state index contributed by atoms with van der Waals surface area (Å²) in [5.74, 6) is 0. The molecule has 0 N–H and O–H groups in total. The summed E-state index contributed by atoms with van der Waals surface area (Å²) in [5, 5.41) is 0.370. The summed E-state index contributed by atoms with van der Waals surface area (Å²) in [6, 6.07) is 0.759. The van der Waals surface area contributed by atoms with Crippen LogP contribution in [-0.4, -0.2) is 52.7 Å². The molecule has 0 aliphatic heterocycles. The first-order chi connectivity index (χ1) is 12.6. The first-order valence-corrected chi connectivity index (χ1v) is 13.0. The number of carbonyl (C=O) groups is 1. The molecule has 0 radical (unpaired) electrons. The highest BCUT2D eigenvalue weighted by molar-refractivity contribution is 8.14. The van der Waals surface area contributed by atoms with E-state index in [0.29, 0.717) is 19.8 Å². The Bertz CT molecular complexity index is 327. The normalized spacial score (nSPS) is 13.1. The van der Waals surface area contributed by atoms with E-state index in [9.17, 15) is 4.79 Å². The van der Waals surface area contributed by atoms with Crippen molar-refractivity contribution in [1.29, 1.82) is 0 Å². The summed E-state index contributed by atoms with van der Waals surface area (Å²) in [7, 11) is -1.08. The van der Waals surface area contributed by atoms with Crippen LogP contribution in [0, 0.1) is 0 Å². The molecule has 5 nitrogen and oxygen atoms in total. The van der Waals surface area contributed by atoms with Crippen LogP contribution in [0.25, 0.3) is 0 Å². The Hall–Kier alpha value is 0.0769. The highest BCUT2D eigenvalue weighted by Crippen LogP contribution is 2.28. The molecular formula is C19H40O5SSi. The van der Waals surface area contributed by atoms with Gasteiger partial charge in [-0.1, -0.05) is 50.8 Å². The van der Waals surface area contributed by atoms with Crippen molar-refractivity contribution >= 4 is 25.7 Å². The molecule has 0 heterocycles. The molecule has 7 heteroatoms. The molecule has 0 bridgehead atoms. The van der Waals surface area contributed by atoms with Crippen molar-refractivity contribution in [1.82, 2.24) is 0 Å². The zero-order valence-electron chi connectivity index (χ0n) is 17.5. The lowest BCUT2D eigenvalue weighted by molar-refractivity contribution is -0.114. The third-order valence-electron chi connectivity index (χ3n) is 4.06. The SMILES string of the molecule is CCCCCCCC(CC[Si](OCC)(OCC)OCC)SC(=O)COC. The van der Waals surface area contributed by atoms with E-state index in [0.717, 1.165) is 25.3 Å². The Kier molecular flexibility index (Phi) is 17.2. The molecule has 0 aliphatic carbocycles. The van der Waals surface area contributed by atoms with Crippen LogP contribution in [-0.2, 0) is 22.8 Å². The van der Waals surface area contributed by atoms with Crippen molar-refractivity contribution in [3.8, 4) is 0 Å². The molecular weight excluding hydrogens is 368 g/mol. The van der Waals surface area contributed by atoms with Crippen LogP contribution in [0.3, 0.4) is 0 Å². The van der Waals surface area contributed by atoms with Gasteiger partial charge in [-0.2, -0.15) is 0 Å². The molecule has 0 fully saturated rings. The predicted octanol–water partition coefficient (Wildman–Crippen LogP) is 5.06. The maximum absolute atomic E-state index is 12.0. The summed E-state index contributed by atoms with van der Waals surface area (Å²) in [6.45, 7) is 10.1. The molecule has 0 aromatic heterocycles. The molecule has 0 amide bonds. The zero-order chi connectivity index (χ0) is 19.7. The number of hydrogen-bond acceptors (Lipinski definition) is 6. The standard InChI is InChI=1S/C19H40O5SSi/c1-6-10-11-12-13-14-18(25-19(20)17-21-5)15-16-26(22-7-2,23-8-3)24-9-4/h18H,6-17H2,1-5H3. The van der Waals surface area contributed by atoms with Gasteiger partial charge in [-0.05, 0) is 33.6 Å². The van der Waals surface area contributed by atoms with Gasteiger partial charge in [-0.25, -0.2) is 0 Å². The fraction of sp³-hybridized carbons (Fsp3) is 0.947. The number of hydrogen-bond donors (Lipinski definition) is 0. The third-order valence-corrected chi connectivity index (χ3v) is 8.33. The van der Waals surface area contributed by atoms with Crippen LogP contribution in [0.1, 0.15) is 72.6 Å². The number of thioether (sulfide) groups is 1. The van der Waals surface area contributed by atoms with E-state index >= 15 is 0 Å². The molecule has 0 aromatic carbocycles. The van der Waals surface area contributed by atoms with Gasteiger partial charge in [-0.15, -0.1) is 0 Å². The average molecular weight is 409 g/mol. The predicted molar refractivity (Wildman–Crippen MR) is 112 cm³/mol. The first kappa shape index (κ1) is 26.1. The van der Waals surface area contributed by atoms with Gasteiger partial charge in [0.15, 0.2) is 0 Å². The van der Waals surface area contributed by atoms with Crippen LogP contribution >= 0.6 is 11.8 Å². The highest BCUT2D eigenvalue weighted by atomic mass is 32.2. The fourth-order valence-corrected chi connectivity index (χ4v) is 6.91. The molecule has 1 atom stereocenters. The summed E-state index contributed by atoms with van der Waals surface area (Å²) >= 11 is 1.42. The average Bonchev–Trinajstić information content (AvgIpc) is 2.60. The summed E-state index contributed by atoms with van der Waals surface area (Å²) in [5.41, 5.74) is 0. The van der Waals surface area contributed by atoms with Gasteiger partial charge in [0.1, 0.15) is 6.61 Å². The summed E-state index contributed by atoms with van der Waals surface area (Å²) in [6.07, 6.45) is 8.11. The van der Waals surface area contributed by atoms with Crippen molar-refractivity contribution in [3.63, 3.8) is 0 Å². The van der Waals surface area contributed by atoms with Crippen molar-refractivity contribution in [3.05, 3.63) is 0 Å². The maximum atomic E-state index is 12.0. The summed E-state index contributed by atoms with van der Waals surface area (Å²) < 4.78 is 22.8. The molecule has 0 saturated heterocycles. The number of ether oxygens (including phenoxy) is 1. The quantitative estimate of drug-likeness (QED) is 0.233. The van der Waals surface area contributed by atoms with Crippen molar-refractivity contribution in [2.24, 2.45) is 0 Å². The van der Waals surface area contributed by atoms with Gasteiger partial charge in [0, 0.05) is 38.2 Å². The fourth-order valence-electron chi connectivity index (χ4n) is 2.91. The number of methoxy groups -OCH3 is 1. The Morgan fingerprint density at radius 1 is 0.885 bits per heavy atom. The number of carbonyl (C=O) groups excluding carboxylic acids is 1. The Labute approximate surface area is 166 Å². The van der Waals surface area contributed by atoms with Gasteiger partial charge in [0.2, 0.25) is 5.12 Å². The Morgan fingerprint density at radius 2 is 1.46 bits per heavy atom. The van der Waals surface area contributed by atoms with E-state index in [1.54, 1.807) is 7.11 Å². The second-order valence-electron chi connectivity index (χ2n) is 6.27. The lowest BCUT2D eigenvalue weighted by Crippen LogP contribution is -2.46. The molecule has 0 aromatic rings. The van der Waals surface area contributed by atoms with Crippen molar-refractivity contribution in [2.45, 2.75) is 83.9 Å². The van der Waals surface area contributed by atoms with Crippen molar-refractivity contribution in [2.75, 3.05) is 33.5 Å². The molecule has 0 saturated carbocycles. The monoisotopic (exact) mass is 408 g/mol. The zero-order valence-corrected chi connectivity index (χ0v) is 19.3. The second-order valence-corrected chi connectivity index (χ2v) is 10.4. The van der Waals surface area contributed by atoms with Crippen LogP contribution in [0.4, 0.5) is 0 Å². The van der Waals surface area contributed by atoms with E-state index in [-0.39, 0.29) is 17.0 Å². The van der Waals surface area contributed by atoms with E-state index in [4.69, 9.17) is 18.0 Å². The van der Waals surface area contributed by atoms with Gasteiger partial charge < -0.3 is 18.0 Å². The van der Waals surface area contributed by atoms with Gasteiger partial charge in [0.25, 0.3) is 0 Å². The minimum atomic E-state index is -2.64. The van der Waals surface area contributed by atoms with Crippen LogP contribution < -0.4 is 0 Å². The Balaban J connectivity index is 4.73. The van der Waals surface area contributed by atoms with E-state index in [2.05, 4.69) is 6.92 Å². The van der Waals surface area contributed by atoms with Crippen molar-refractivity contribution < 1.29 is 22.8 Å². The maximum Gasteiger partial charge on any atom is 0.500 e. The largest absolute Gasteiger partial charge is 0.500 e. The molecule has 156 valence electrons. The van der Waals surface area contributed by atoms with E-state index in [1.807, 2.05) is 20.8 Å². The van der Waals surface area contributed by atoms with Gasteiger partial charge in [-0.3, -0.25) is 4.79 Å². The molecule has 0 spiro atoms. The third kappa shape index (κ3) is 12.5. The number of unbranched alkanes of at least 4 members (excludes halogenated alkanes) is 4. The van der Waals surface area contributed by atoms with Crippen LogP contribution in [0.2, 0.25) is 6.04 Å². The first-order valence-electron chi connectivity index (χ1n) is 10.2. The van der Waals surface area contributed by atoms with Gasteiger partial charge in [0.05, 0.1) is 0 Å². The topological polar surface area (TPSA) is 54.0 Å². The minimum absolute atomic E-state index is 0.0996. The molecule has 0 rings (SSSR count). The van der Waals surface area contributed by atoms with Crippen LogP contribution in [0.15, 0.2) is 0 Å². The smallest absolute Gasteiger partial charge is 0.376 e. The lowest BCUT2D eigenvalue weighted by Gasteiger charge is -2.29. The highest BCUT2D eigenvalue weighted by Gasteiger charge is 2.40.